The van der Waals surface area contributed by atoms with E-state index in [1.54, 1.807) is 0 Å². The predicted molar refractivity (Wildman–Crippen MR) is 91.3 cm³/mol. The number of carboxylic acid groups (broad SMARTS) is 1. The number of aromatic nitrogens is 1. The van der Waals surface area contributed by atoms with Crippen molar-refractivity contribution in [3.05, 3.63) is 35.5 Å². The van der Waals surface area contributed by atoms with Gasteiger partial charge < -0.3 is 20.6 Å². The summed E-state index contributed by atoms with van der Waals surface area (Å²) in [6.07, 6.45) is -5.43. The topological polar surface area (TPSA) is 101 Å². The number of fused-ring (bicyclic) bond motifs is 1. The molecule has 0 aliphatic carbocycles. The summed E-state index contributed by atoms with van der Waals surface area (Å²) >= 11 is 0. The van der Waals surface area contributed by atoms with Gasteiger partial charge in [0.05, 0.1) is 11.1 Å². The van der Waals surface area contributed by atoms with E-state index in [1.807, 2.05) is 6.07 Å². The van der Waals surface area contributed by atoms with Crippen molar-refractivity contribution >= 4 is 22.7 Å². The summed E-state index contributed by atoms with van der Waals surface area (Å²) in [5.74, 6) is 0. The first-order valence-corrected chi connectivity index (χ1v) is 8.15. The van der Waals surface area contributed by atoms with E-state index in [0.717, 1.165) is 12.1 Å². The van der Waals surface area contributed by atoms with Crippen LogP contribution in [0.4, 0.5) is 23.7 Å². The summed E-state index contributed by atoms with van der Waals surface area (Å²) < 4.78 is 38.9. The van der Waals surface area contributed by atoms with E-state index < -0.39 is 17.8 Å². The number of halogens is 3. The molecule has 1 aromatic carbocycles. The molecule has 3 rings (SSSR count). The first kappa shape index (κ1) is 18.7. The van der Waals surface area contributed by atoms with E-state index in [0.29, 0.717) is 37.4 Å². The normalized spacial score (nSPS) is 14.7. The lowest BCUT2D eigenvalue weighted by molar-refractivity contribution is -0.137. The minimum atomic E-state index is -4.47. The van der Waals surface area contributed by atoms with Crippen LogP contribution < -0.4 is 10.6 Å². The lowest BCUT2D eigenvalue weighted by Crippen LogP contribution is -2.60. The number of hydrogen-bond donors (Lipinski definition) is 3. The van der Waals surface area contributed by atoms with E-state index in [-0.39, 0.29) is 17.1 Å². The molecule has 1 aliphatic heterocycles. The zero-order chi connectivity index (χ0) is 19.6. The standard InChI is InChI=1S/C17H16F3N5O2/c18-17(19,20)10-1-2-14-13(5-10)15(6-11(7-21)24-14)23-4-3-22-12-8-25(9-12)16(26)27/h1-2,5-6,12,22H,3-4,8-9H2,(H,23,24)(H,26,27). The summed E-state index contributed by atoms with van der Waals surface area (Å²) in [4.78, 5) is 16.0. The third-order valence-corrected chi connectivity index (χ3v) is 4.28. The van der Waals surface area contributed by atoms with Gasteiger partial charge in [0.15, 0.2) is 0 Å². The quantitative estimate of drug-likeness (QED) is 0.690. The summed E-state index contributed by atoms with van der Waals surface area (Å²) in [6.45, 7) is 1.69. The fraction of sp³-hybridized carbons (Fsp3) is 0.353. The first-order chi connectivity index (χ1) is 12.8. The smallest absolute Gasteiger partial charge is 0.416 e. The number of benzene rings is 1. The Morgan fingerprint density at radius 2 is 2.07 bits per heavy atom. The van der Waals surface area contributed by atoms with Gasteiger partial charge in [-0.2, -0.15) is 18.4 Å². The molecule has 0 atom stereocenters. The van der Waals surface area contributed by atoms with Crippen LogP contribution >= 0.6 is 0 Å². The van der Waals surface area contributed by atoms with Crippen molar-refractivity contribution < 1.29 is 23.1 Å². The molecule has 0 spiro atoms. The zero-order valence-electron chi connectivity index (χ0n) is 14.0. The van der Waals surface area contributed by atoms with Crippen LogP contribution in [0.5, 0.6) is 0 Å². The first-order valence-electron chi connectivity index (χ1n) is 8.15. The van der Waals surface area contributed by atoms with Crippen LogP contribution in [0.3, 0.4) is 0 Å². The predicted octanol–water partition coefficient (Wildman–Crippen LogP) is 2.49. The van der Waals surface area contributed by atoms with Crippen LogP contribution in [-0.4, -0.2) is 53.3 Å². The van der Waals surface area contributed by atoms with E-state index in [2.05, 4.69) is 15.6 Å². The molecule has 1 aliphatic rings. The maximum absolute atomic E-state index is 13.0. The maximum Gasteiger partial charge on any atom is 0.416 e. The summed E-state index contributed by atoms with van der Waals surface area (Å²) in [5.41, 5.74) is 0.0125. The molecule has 7 nitrogen and oxygen atoms in total. The maximum atomic E-state index is 13.0. The molecule has 2 heterocycles. The highest BCUT2D eigenvalue weighted by molar-refractivity contribution is 5.92. The van der Waals surface area contributed by atoms with Crippen molar-refractivity contribution in [1.29, 1.82) is 5.26 Å². The molecule has 1 aromatic heterocycles. The lowest BCUT2D eigenvalue weighted by atomic mass is 10.1. The van der Waals surface area contributed by atoms with E-state index >= 15 is 0 Å². The Morgan fingerprint density at radius 3 is 2.70 bits per heavy atom. The number of rotatable bonds is 5. The molecule has 10 heteroatoms. The Kier molecular flexibility index (Phi) is 5.05. The molecule has 142 valence electrons. The van der Waals surface area contributed by atoms with Crippen molar-refractivity contribution in [2.24, 2.45) is 0 Å². The highest BCUT2D eigenvalue weighted by atomic mass is 19.4. The second kappa shape index (κ2) is 7.28. The lowest BCUT2D eigenvalue weighted by Gasteiger charge is -2.37. The van der Waals surface area contributed by atoms with Gasteiger partial charge >= 0.3 is 12.3 Å². The zero-order valence-corrected chi connectivity index (χ0v) is 14.0. The Hall–Kier alpha value is -3.06. The van der Waals surface area contributed by atoms with Crippen molar-refractivity contribution in [1.82, 2.24) is 15.2 Å². The molecule has 2 aromatic rings. The highest BCUT2D eigenvalue weighted by Crippen LogP contribution is 2.33. The molecule has 3 N–H and O–H groups in total. The second-order valence-corrected chi connectivity index (χ2v) is 6.16. The number of carbonyl (C=O) groups is 1. The molecule has 0 saturated carbocycles. The van der Waals surface area contributed by atoms with E-state index in [1.165, 1.54) is 17.0 Å². The third-order valence-electron chi connectivity index (χ3n) is 4.28. The van der Waals surface area contributed by atoms with Crippen LogP contribution in [-0.2, 0) is 6.18 Å². The molecular weight excluding hydrogens is 363 g/mol. The molecule has 0 unspecified atom stereocenters. The number of nitriles is 1. The number of likely N-dealkylation sites (tertiary alicyclic amines) is 1. The molecule has 0 radical (unpaired) electrons. The number of alkyl halides is 3. The third kappa shape index (κ3) is 4.20. The van der Waals surface area contributed by atoms with Crippen molar-refractivity contribution in [2.75, 3.05) is 31.5 Å². The van der Waals surface area contributed by atoms with E-state index in [9.17, 15) is 18.0 Å². The average molecular weight is 379 g/mol. The molecule has 27 heavy (non-hydrogen) atoms. The largest absolute Gasteiger partial charge is 0.465 e. The molecule has 1 fully saturated rings. The van der Waals surface area contributed by atoms with Gasteiger partial charge in [0.1, 0.15) is 11.8 Å². The number of nitrogens with zero attached hydrogens (tertiary/aromatic N) is 3. The van der Waals surface area contributed by atoms with Gasteiger partial charge in [-0.25, -0.2) is 9.78 Å². The number of hydrogen-bond acceptors (Lipinski definition) is 5. The van der Waals surface area contributed by atoms with Gasteiger partial charge in [-0.15, -0.1) is 0 Å². The van der Waals surface area contributed by atoms with Crippen LogP contribution in [0.15, 0.2) is 24.3 Å². The van der Waals surface area contributed by atoms with Crippen LogP contribution in [0, 0.1) is 11.3 Å². The Labute approximate surface area is 152 Å². The number of pyridine rings is 1. The van der Waals surface area contributed by atoms with Crippen LogP contribution in [0.1, 0.15) is 11.3 Å². The Balaban J connectivity index is 1.69. The van der Waals surface area contributed by atoms with Crippen molar-refractivity contribution in [2.45, 2.75) is 12.2 Å². The number of amides is 1. The Bertz CT molecular complexity index is 904. The van der Waals surface area contributed by atoms with Gasteiger partial charge in [-0.1, -0.05) is 0 Å². The fourth-order valence-corrected chi connectivity index (χ4v) is 2.84. The number of anilines is 1. The Morgan fingerprint density at radius 1 is 1.33 bits per heavy atom. The van der Waals surface area contributed by atoms with Gasteiger partial charge in [0.25, 0.3) is 0 Å². The minimum absolute atomic E-state index is 0.0589. The van der Waals surface area contributed by atoms with Gasteiger partial charge in [0, 0.05) is 43.3 Å². The molecular formula is C17H16F3N5O2. The van der Waals surface area contributed by atoms with Crippen LogP contribution in [0.2, 0.25) is 0 Å². The summed E-state index contributed by atoms with van der Waals surface area (Å²) in [5, 5.41) is 24.3. The van der Waals surface area contributed by atoms with E-state index in [4.69, 9.17) is 10.4 Å². The molecule has 0 bridgehead atoms. The average Bonchev–Trinajstić information content (AvgIpc) is 2.57. The molecule has 1 amide bonds. The van der Waals surface area contributed by atoms with Crippen LogP contribution in [0.25, 0.3) is 10.9 Å². The molecule has 1 saturated heterocycles. The van der Waals surface area contributed by atoms with Gasteiger partial charge in [0.2, 0.25) is 0 Å². The monoisotopic (exact) mass is 379 g/mol. The SMILES string of the molecule is N#Cc1cc(NCCNC2CN(C(=O)O)C2)c2cc(C(F)(F)F)ccc2n1. The summed E-state index contributed by atoms with van der Waals surface area (Å²) in [6, 6.07) is 6.56. The van der Waals surface area contributed by atoms with Gasteiger partial charge in [-0.05, 0) is 24.3 Å². The summed E-state index contributed by atoms with van der Waals surface area (Å²) in [7, 11) is 0. The minimum Gasteiger partial charge on any atom is -0.465 e. The van der Waals surface area contributed by atoms with Crippen molar-refractivity contribution in [3.63, 3.8) is 0 Å². The highest BCUT2D eigenvalue weighted by Gasteiger charge is 2.31. The number of nitrogens with one attached hydrogen (secondary N) is 2. The fourth-order valence-electron chi connectivity index (χ4n) is 2.84. The van der Waals surface area contributed by atoms with Crippen molar-refractivity contribution in [3.8, 4) is 6.07 Å². The van der Waals surface area contributed by atoms with Gasteiger partial charge in [-0.3, -0.25) is 0 Å². The second-order valence-electron chi connectivity index (χ2n) is 6.16.